The Labute approximate surface area is 153 Å². The predicted molar refractivity (Wildman–Crippen MR) is 100 cm³/mol. The summed E-state index contributed by atoms with van der Waals surface area (Å²) in [7, 11) is 0. The van der Waals surface area contributed by atoms with E-state index in [1.165, 1.54) is 17.3 Å². The van der Waals surface area contributed by atoms with Gasteiger partial charge in [0.15, 0.2) is 5.82 Å². The van der Waals surface area contributed by atoms with Crippen molar-refractivity contribution in [3.8, 4) is 5.82 Å². The Morgan fingerprint density at radius 2 is 2.04 bits per heavy atom. The smallest absolute Gasteiger partial charge is 0.271 e. The maximum absolute atomic E-state index is 12.3. The number of nitrogens with one attached hydrogen (secondary N) is 1. The molecule has 0 radical (unpaired) electrons. The molecule has 2 heterocycles. The van der Waals surface area contributed by atoms with Gasteiger partial charge in [-0.1, -0.05) is 45.0 Å². The number of rotatable bonds is 5. The number of amides is 1. The second-order valence-electron chi connectivity index (χ2n) is 7.19. The van der Waals surface area contributed by atoms with E-state index >= 15 is 0 Å². The van der Waals surface area contributed by atoms with Crippen molar-refractivity contribution in [2.45, 2.75) is 32.6 Å². The molecule has 0 fully saturated rings. The van der Waals surface area contributed by atoms with E-state index in [4.69, 9.17) is 0 Å². The molecular weight excluding hydrogens is 326 g/mol. The molecule has 134 valence electrons. The number of hydrogen-bond donors (Lipinski definition) is 1. The fourth-order valence-corrected chi connectivity index (χ4v) is 2.59. The van der Waals surface area contributed by atoms with Gasteiger partial charge in [0.05, 0.1) is 12.4 Å². The Kier molecular flexibility index (Phi) is 5.11. The van der Waals surface area contributed by atoms with Gasteiger partial charge in [-0.2, -0.15) is 0 Å². The summed E-state index contributed by atoms with van der Waals surface area (Å²) in [5.74, 6) is 0.333. The van der Waals surface area contributed by atoms with Gasteiger partial charge in [-0.25, -0.2) is 9.97 Å². The van der Waals surface area contributed by atoms with E-state index in [9.17, 15) is 4.79 Å². The Bertz CT molecular complexity index is 881. The lowest BCUT2D eigenvalue weighted by molar-refractivity contribution is 0.0948. The summed E-state index contributed by atoms with van der Waals surface area (Å²) in [6, 6.07) is 8.49. The molecule has 0 saturated carbocycles. The maximum Gasteiger partial charge on any atom is 0.271 e. The summed E-state index contributed by atoms with van der Waals surface area (Å²) in [5.41, 5.74) is 2.90. The molecule has 0 aliphatic heterocycles. The van der Waals surface area contributed by atoms with E-state index in [0.29, 0.717) is 18.1 Å². The second-order valence-corrected chi connectivity index (χ2v) is 7.19. The van der Waals surface area contributed by atoms with Crippen LogP contribution in [0.2, 0.25) is 0 Å². The molecule has 0 aliphatic carbocycles. The van der Waals surface area contributed by atoms with Crippen molar-refractivity contribution < 1.29 is 4.79 Å². The zero-order valence-corrected chi connectivity index (χ0v) is 15.3. The summed E-state index contributed by atoms with van der Waals surface area (Å²) >= 11 is 0. The minimum Gasteiger partial charge on any atom is -0.350 e. The lowest BCUT2D eigenvalue weighted by Crippen LogP contribution is -2.27. The van der Waals surface area contributed by atoms with Crippen LogP contribution in [0, 0.1) is 0 Å². The zero-order valence-electron chi connectivity index (χ0n) is 15.3. The van der Waals surface area contributed by atoms with Gasteiger partial charge in [0.25, 0.3) is 5.91 Å². The van der Waals surface area contributed by atoms with Gasteiger partial charge >= 0.3 is 0 Å². The molecule has 3 aromatic rings. The van der Waals surface area contributed by atoms with Crippen LogP contribution in [0.5, 0.6) is 0 Å². The molecule has 0 aliphatic rings. The molecule has 1 aromatic carbocycles. The molecule has 26 heavy (non-hydrogen) atoms. The summed E-state index contributed by atoms with van der Waals surface area (Å²) < 4.78 is 1.71. The molecule has 3 rings (SSSR count). The van der Waals surface area contributed by atoms with Crippen LogP contribution in [0.25, 0.3) is 5.82 Å². The van der Waals surface area contributed by atoms with Gasteiger partial charge in [0.1, 0.15) is 12.0 Å². The number of aromatic nitrogens is 4. The minimum absolute atomic E-state index is 0.114. The fourth-order valence-electron chi connectivity index (χ4n) is 2.59. The average Bonchev–Trinajstić information content (AvgIpc) is 3.16. The standard InChI is InChI=1S/C20H23N5O/c1-20(2,3)16-6-4-5-15(11-16)7-8-23-19(26)17-12-22-13-18(24-17)25-10-9-21-14-25/h4-6,9-14H,7-8H2,1-3H3,(H,23,26). The molecule has 0 atom stereocenters. The molecule has 6 heteroatoms. The van der Waals surface area contributed by atoms with E-state index in [1.807, 2.05) is 0 Å². The van der Waals surface area contributed by atoms with E-state index in [0.717, 1.165) is 6.42 Å². The second kappa shape index (κ2) is 7.47. The highest BCUT2D eigenvalue weighted by molar-refractivity contribution is 5.92. The van der Waals surface area contributed by atoms with Gasteiger partial charge in [0.2, 0.25) is 0 Å². The van der Waals surface area contributed by atoms with E-state index < -0.39 is 0 Å². The number of imidazole rings is 1. The summed E-state index contributed by atoms with van der Waals surface area (Å²) in [6.45, 7) is 7.13. The molecule has 0 spiro atoms. The van der Waals surface area contributed by atoms with E-state index in [1.54, 1.807) is 29.5 Å². The topological polar surface area (TPSA) is 72.7 Å². The van der Waals surface area contributed by atoms with Crippen molar-refractivity contribution in [3.63, 3.8) is 0 Å². The van der Waals surface area contributed by atoms with Gasteiger partial charge in [-0.05, 0) is 23.0 Å². The molecule has 0 saturated heterocycles. The molecule has 1 amide bonds. The minimum atomic E-state index is -0.230. The maximum atomic E-state index is 12.3. The summed E-state index contributed by atoms with van der Waals surface area (Å²) in [6.07, 6.45) is 8.86. The van der Waals surface area contributed by atoms with Crippen LogP contribution in [-0.2, 0) is 11.8 Å². The summed E-state index contributed by atoms with van der Waals surface area (Å²) in [4.78, 5) is 24.7. The molecule has 0 bridgehead atoms. The van der Waals surface area contributed by atoms with Crippen LogP contribution in [-0.4, -0.2) is 32.0 Å². The van der Waals surface area contributed by atoms with Crippen molar-refractivity contribution in [3.05, 3.63) is 72.2 Å². The van der Waals surface area contributed by atoms with Crippen LogP contribution in [0.15, 0.2) is 55.4 Å². The van der Waals surface area contributed by atoms with Crippen LogP contribution >= 0.6 is 0 Å². The van der Waals surface area contributed by atoms with Gasteiger partial charge in [-0.3, -0.25) is 14.3 Å². The lowest BCUT2D eigenvalue weighted by Gasteiger charge is -2.19. The predicted octanol–water partition coefficient (Wildman–Crippen LogP) is 2.93. The third-order valence-corrected chi connectivity index (χ3v) is 4.12. The first-order valence-electron chi connectivity index (χ1n) is 8.61. The number of carbonyl (C=O) groups is 1. The first-order chi connectivity index (χ1) is 12.4. The molecular formula is C20H23N5O. The third kappa shape index (κ3) is 4.33. The van der Waals surface area contributed by atoms with Crippen molar-refractivity contribution in [1.82, 2.24) is 24.8 Å². The first-order valence-corrected chi connectivity index (χ1v) is 8.61. The van der Waals surface area contributed by atoms with Crippen molar-refractivity contribution in [2.75, 3.05) is 6.54 Å². The number of nitrogens with zero attached hydrogens (tertiary/aromatic N) is 4. The quantitative estimate of drug-likeness (QED) is 0.769. The first kappa shape index (κ1) is 17.8. The fraction of sp³-hybridized carbons (Fsp3) is 0.300. The largest absolute Gasteiger partial charge is 0.350 e. The lowest BCUT2D eigenvalue weighted by atomic mass is 9.86. The zero-order chi connectivity index (χ0) is 18.6. The van der Waals surface area contributed by atoms with Gasteiger partial charge < -0.3 is 5.32 Å². The van der Waals surface area contributed by atoms with Crippen molar-refractivity contribution >= 4 is 5.91 Å². The molecule has 2 aromatic heterocycles. The number of benzene rings is 1. The SMILES string of the molecule is CC(C)(C)c1cccc(CCNC(=O)c2cncc(-n3ccnc3)n2)c1. The van der Waals surface area contributed by atoms with Crippen LogP contribution in [0.1, 0.15) is 42.4 Å². The van der Waals surface area contributed by atoms with E-state index in [-0.39, 0.29) is 11.3 Å². The van der Waals surface area contributed by atoms with E-state index in [2.05, 4.69) is 65.3 Å². The van der Waals surface area contributed by atoms with Crippen molar-refractivity contribution in [2.24, 2.45) is 0 Å². The molecule has 1 N–H and O–H groups in total. The summed E-state index contributed by atoms with van der Waals surface area (Å²) in [5, 5.41) is 2.91. The molecule has 0 unspecified atom stereocenters. The highest BCUT2D eigenvalue weighted by Crippen LogP contribution is 2.22. The van der Waals surface area contributed by atoms with Gasteiger partial charge in [0, 0.05) is 18.9 Å². The average molecular weight is 349 g/mol. The third-order valence-electron chi connectivity index (χ3n) is 4.12. The van der Waals surface area contributed by atoms with Crippen LogP contribution in [0.3, 0.4) is 0 Å². The van der Waals surface area contributed by atoms with Crippen LogP contribution in [0.4, 0.5) is 0 Å². The molecule has 6 nitrogen and oxygen atoms in total. The Morgan fingerprint density at radius 3 is 2.77 bits per heavy atom. The van der Waals surface area contributed by atoms with Crippen molar-refractivity contribution in [1.29, 1.82) is 0 Å². The Balaban J connectivity index is 1.61. The monoisotopic (exact) mass is 349 g/mol. The highest BCUT2D eigenvalue weighted by Gasteiger charge is 2.14. The number of hydrogen-bond acceptors (Lipinski definition) is 4. The Morgan fingerprint density at radius 1 is 1.19 bits per heavy atom. The normalized spacial score (nSPS) is 11.3. The van der Waals surface area contributed by atoms with Crippen LogP contribution < -0.4 is 5.32 Å². The van der Waals surface area contributed by atoms with Gasteiger partial charge in [-0.15, -0.1) is 0 Å². The highest BCUT2D eigenvalue weighted by atomic mass is 16.1. The number of carbonyl (C=O) groups excluding carboxylic acids is 1. The Hall–Kier alpha value is -3.02.